The summed E-state index contributed by atoms with van der Waals surface area (Å²) >= 11 is 0. The van der Waals surface area contributed by atoms with Crippen LogP contribution in [0.4, 0.5) is 5.69 Å². The first-order valence-corrected chi connectivity index (χ1v) is 8.14. The van der Waals surface area contributed by atoms with Crippen LogP contribution in [0.3, 0.4) is 0 Å². The number of sulfone groups is 1. The molecule has 0 bridgehead atoms. The van der Waals surface area contributed by atoms with Gasteiger partial charge in [-0.1, -0.05) is 12.2 Å². The second kappa shape index (κ2) is 5.57. The average Bonchev–Trinajstić information content (AvgIpc) is 2.37. The predicted octanol–water partition coefficient (Wildman–Crippen LogP) is 2.86. The third-order valence-corrected chi connectivity index (χ3v) is 4.38. The van der Waals surface area contributed by atoms with E-state index in [1.54, 1.807) is 12.1 Å². The minimum Gasteiger partial charge on any atom is -0.385 e. The van der Waals surface area contributed by atoms with Gasteiger partial charge in [-0.15, -0.1) is 0 Å². The lowest BCUT2D eigenvalue weighted by atomic mass is 9.94. The fourth-order valence-electron chi connectivity index (χ4n) is 2.12. The van der Waals surface area contributed by atoms with Crippen LogP contribution in [0.15, 0.2) is 41.3 Å². The minimum absolute atomic E-state index is 0.369. The van der Waals surface area contributed by atoms with E-state index in [9.17, 15) is 8.42 Å². The van der Waals surface area contributed by atoms with Crippen molar-refractivity contribution >= 4 is 15.5 Å². The highest BCUT2D eigenvalue weighted by Gasteiger charge is 2.10. The van der Waals surface area contributed by atoms with Gasteiger partial charge in [-0.25, -0.2) is 8.42 Å². The third kappa shape index (κ3) is 3.60. The lowest BCUT2D eigenvalue weighted by Gasteiger charge is -2.18. The second-order valence-corrected chi connectivity index (χ2v) is 6.84. The molecule has 0 saturated heterocycles. The molecule has 4 heteroatoms. The molecule has 0 aromatic heterocycles. The Morgan fingerprint density at radius 1 is 1.22 bits per heavy atom. The Kier molecular flexibility index (Phi) is 4.07. The van der Waals surface area contributed by atoms with E-state index in [1.807, 2.05) is 12.1 Å². The molecule has 1 aliphatic rings. The standard InChI is InChI=1S/C14H19NO2S/c1-18(16,17)14-9-7-13(8-10-14)15-11-12-5-3-2-4-6-12/h2-3,7-10,12,15H,4-6,11H2,1H3. The first-order valence-electron chi connectivity index (χ1n) is 6.25. The van der Waals surface area contributed by atoms with Gasteiger partial charge in [0.15, 0.2) is 9.84 Å². The van der Waals surface area contributed by atoms with Crippen molar-refractivity contribution in [2.75, 3.05) is 18.1 Å². The molecule has 98 valence electrons. The first kappa shape index (κ1) is 13.1. The quantitative estimate of drug-likeness (QED) is 0.851. The van der Waals surface area contributed by atoms with Gasteiger partial charge in [-0.2, -0.15) is 0 Å². The van der Waals surface area contributed by atoms with E-state index in [1.165, 1.54) is 19.1 Å². The Morgan fingerprint density at radius 3 is 2.50 bits per heavy atom. The van der Waals surface area contributed by atoms with Crippen LogP contribution in [0.5, 0.6) is 0 Å². The highest BCUT2D eigenvalue weighted by Crippen LogP contribution is 2.19. The molecule has 0 aliphatic heterocycles. The average molecular weight is 265 g/mol. The summed E-state index contributed by atoms with van der Waals surface area (Å²) in [7, 11) is -3.09. The van der Waals surface area contributed by atoms with E-state index in [0.717, 1.165) is 18.7 Å². The van der Waals surface area contributed by atoms with E-state index < -0.39 is 9.84 Å². The van der Waals surface area contributed by atoms with Crippen molar-refractivity contribution in [3.8, 4) is 0 Å². The highest BCUT2D eigenvalue weighted by molar-refractivity contribution is 7.90. The van der Waals surface area contributed by atoms with Gasteiger partial charge in [0.2, 0.25) is 0 Å². The molecule has 1 aromatic carbocycles. The summed E-state index contributed by atoms with van der Waals surface area (Å²) in [5.41, 5.74) is 0.983. The minimum atomic E-state index is -3.09. The van der Waals surface area contributed by atoms with Crippen LogP contribution < -0.4 is 5.32 Å². The maximum Gasteiger partial charge on any atom is 0.175 e. The highest BCUT2D eigenvalue weighted by atomic mass is 32.2. The van der Waals surface area contributed by atoms with E-state index >= 15 is 0 Å². The van der Waals surface area contributed by atoms with E-state index in [0.29, 0.717) is 10.8 Å². The molecule has 3 nitrogen and oxygen atoms in total. The van der Waals surface area contributed by atoms with Crippen LogP contribution in [-0.2, 0) is 9.84 Å². The van der Waals surface area contributed by atoms with Crippen LogP contribution in [0.1, 0.15) is 19.3 Å². The monoisotopic (exact) mass is 265 g/mol. The van der Waals surface area contributed by atoms with E-state index in [4.69, 9.17) is 0 Å². The van der Waals surface area contributed by atoms with Gasteiger partial charge in [0.1, 0.15) is 0 Å². The summed E-state index contributed by atoms with van der Waals surface area (Å²) in [6.45, 7) is 0.947. The topological polar surface area (TPSA) is 46.2 Å². The van der Waals surface area contributed by atoms with Crippen molar-refractivity contribution in [3.63, 3.8) is 0 Å². The maximum atomic E-state index is 11.3. The van der Waals surface area contributed by atoms with Crippen molar-refractivity contribution in [1.82, 2.24) is 0 Å². The fourth-order valence-corrected chi connectivity index (χ4v) is 2.75. The number of hydrogen-bond donors (Lipinski definition) is 1. The Balaban J connectivity index is 1.92. The first-order chi connectivity index (χ1) is 8.55. The molecule has 0 spiro atoms. The zero-order valence-electron chi connectivity index (χ0n) is 10.6. The smallest absolute Gasteiger partial charge is 0.175 e. The van der Waals surface area contributed by atoms with Crippen molar-refractivity contribution in [2.45, 2.75) is 24.2 Å². The lowest BCUT2D eigenvalue weighted by molar-refractivity contribution is 0.504. The molecule has 1 atom stereocenters. The van der Waals surface area contributed by atoms with Crippen molar-refractivity contribution in [2.24, 2.45) is 5.92 Å². The summed E-state index contributed by atoms with van der Waals surface area (Å²) in [5, 5.41) is 3.36. The van der Waals surface area contributed by atoms with Crippen molar-refractivity contribution in [1.29, 1.82) is 0 Å². The molecular formula is C14H19NO2S. The third-order valence-electron chi connectivity index (χ3n) is 3.25. The molecule has 0 fully saturated rings. The lowest BCUT2D eigenvalue weighted by Crippen LogP contribution is -2.15. The number of benzene rings is 1. The van der Waals surface area contributed by atoms with Gasteiger partial charge in [-0.3, -0.25) is 0 Å². The number of hydrogen-bond acceptors (Lipinski definition) is 3. The SMILES string of the molecule is CS(=O)(=O)c1ccc(NCC2CC=CCC2)cc1. The zero-order chi connectivity index (χ0) is 13.0. The largest absolute Gasteiger partial charge is 0.385 e. The summed E-state index contributed by atoms with van der Waals surface area (Å²) in [5.74, 6) is 0.685. The number of anilines is 1. The Labute approximate surface area is 109 Å². The van der Waals surface area contributed by atoms with Crippen LogP contribution in [0, 0.1) is 5.92 Å². The van der Waals surface area contributed by atoms with E-state index in [2.05, 4.69) is 17.5 Å². The fraction of sp³-hybridized carbons (Fsp3) is 0.429. The molecule has 0 heterocycles. The number of rotatable bonds is 4. The predicted molar refractivity (Wildman–Crippen MR) is 74.5 cm³/mol. The summed E-state index contributed by atoms with van der Waals surface area (Å²) in [6, 6.07) is 6.96. The Hall–Kier alpha value is -1.29. The van der Waals surface area contributed by atoms with Gasteiger partial charge in [0.05, 0.1) is 4.90 Å². The molecule has 18 heavy (non-hydrogen) atoms. The van der Waals surface area contributed by atoms with Crippen molar-refractivity contribution < 1.29 is 8.42 Å². The molecule has 1 aromatic rings. The zero-order valence-corrected chi connectivity index (χ0v) is 11.4. The molecular weight excluding hydrogens is 246 g/mol. The van der Waals surface area contributed by atoms with Crippen LogP contribution in [0.25, 0.3) is 0 Å². The van der Waals surface area contributed by atoms with E-state index in [-0.39, 0.29) is 0 Å². The van der Waals surface area contributed by atoms with Crippen molar-refractivity contribution in [3.05, 3.63) is 36.4 Å². The Bertz CT molecular complexity index is 517. The van der Waals surface area contributed by atoms with Gasteiger partial charge >= 0.3 is 0 Å². The number of nitrogens with one attached hydrogen (secondary N) is 1. The molecule has 0 amide bonds. The van der Waals surface area contributed by atoms with Gasteiger partial charge < -0.3 is 5.32 Å². The molecule has 2 rings (SSSR count). The summed E-state index contributed by atoms with van der Waals surface area (Å²) in [6.07, 6.45) is 9.22. The molecule has 1 unspecified atom stereocenters. The van der Waals surface area contributed by atoms with Crippen LogP contribution >= 0.6 is 0 Å². The molecule has 1 N–H and O–H groups in total. The van der Waals surface area contributed by atoms with Crippen LogP contribution in [0.2, 0.25) is 0 Å². The molecule has 1 aliphatic carbocycles. The molecule has 0 saturated carbocycles. The number of allylic oxidation sites excluding steroid dienone is 2. The van der Waals surface area contributed by atoms with Gasteiger partial charge in [-0.05, 0) is 49.4 Å². The normalized spacial score (nSPS) is 19.7. The van der Waals surface area contributed by atoms with Gasteiger partial charge in [0.25, 0.3) is 0 Å². The maximum absolute atomic E-state index is 11.3. The van der Waals surface area contributed by atoms with Gasteiger partial charge in [0, 0.05) is 18.5 Å². The summed E-state index contributed by atoms with van der Waals surface area (Å²) < 4.78 is 22.6. The molecule has 0 radical (unpaired) electrons. The second-order valence-electron chi connectivity index (χ2n) is 4.83. The Morgan fingerprint density at radius 2 is 1.94 bits per heavy atom. The summed E-state index contributed by atoms with van der Waals surface area (Å²) in [4.78, 5) is 0.369. The van der Waals surface area contributed by atoms with Crippen LogP contribution in [-0.4, -0.2) is 21.2 Å².